The Morgan fingerprint density at radius 2 is 2.12 bits per heavy atom. The summed E-state index contributed by atoms with van der Waals surface area (Å²) in [4.78, 5) is 0. The predicted molar refractivity (Wildman–Crippen MR) is 67.4 cm³/mol. The molecule has 6 heteroatoms. The smallest absolute Gasteiger partial charge is 0.307 e. The molecule has 0 aliphatic carbocycles. The number of hydrogen-bond donors (Lipinski definition) is 1. The lowest BCUT2D eigenvalue weighted by Crippen LogP contribution is -2.23. The first-order valence-electron chi connectivity index (χ1n) is 5.52. The quantitative estimate of drug-likeness (QED) is 0.462. The maximum absolute atomic E-state index is 11.0. The van der Waals surface area contributed by atoms with Crippen LogP contribution in [0.4, 0.5) is 0 Å². The monoisotopic (exact) mass is 280 g/mol. The van der Waals surface area contributed by atoms with E-state index in [9.17, 15) is 8.42 Å². The molecule has 0 spiro atoms. The number of halogens is 1. The van der Waals surface area contributed by atoms with Gasteiger partial charge < -0.3 is 4.74 Å². The second kappa shape index (κ2) is 6.42. The maximum atomic E-state index is 11.0. The fourth-order valence-electron chi connectivity index (χ4n) is 1.56. The number of alkyl halides is 1. The molecule has 1 heterocycles. The number of allylic oxidation sites excluding steroid dienone is 3. The first kappa shape index (κ1) is 14.5. The summed E-state index contributed by atoms with van der Waals surface area (Å²) in [6.07, 6.45) is 6.48. The summed E-state index contributed by atoms with van der Waals surface area (Å²) in [5.74, 6) is 1.26. The van der Waals surface area contributed by atoms with Crippen molar-refractivity contribution in [1.29, 1.82) is 0 Å². The van der Waals surface area contributed by atoms with Gasteiger partial charge in [0.1, 0.15) is 5.76 Å². The molecule has 0 aromatic carbocycles. The van der Waals surface area contributed by atoms with Crippen LogP contribution in [0, 0.1) is 0 Å². The highest BCUT2D eigenvalue weighted by molar-refractivity contribution is 7.86. The van der Waals surface area contributed by atoms with Crippen molar-refractivity contribution < 1.29 is 17.7 Å². The van der Waals surface area contributed by atoms with Crippen LogP contribution in [0.1, 0.15) is 32.6 Å². The van der Waals surface area contributed by atoms with Crippen molar-refractivity contribution in [1.82, 2.24) is 0 Å². The Kier molecular flexibility index (Phi) is 5.49. The molecule has 4 nitrogen and oxygen atoms in total. The molecule has 1 unspecified atom stereocenters. The molecule has 0 radical (unpaired) electrons. The van der Waals surface area contributed by atoms with Crippen LogP contribution in [-0.2, 0) is 14.9 Å². The molecule has 0 saturated heterocycles. The van der Waals surface area contributed by atoms with Crippen LogP contribution in [0.5, 0.6) is 0 Å². The van der Waals surface area contributed by atoms with Crippen LogP contribution >= 0.6 is 11.6 Å². The van der Waals surface area contributed by atoms with E-state index in [1.807, 2.05) is 6.92 Å². The summed E-state index contributed by atoms with van der Waals surface area (Å²) in [6.45, 7) is 1.85. The molecule has 0 bridgehead atoms. The molecule has 1 aliphatic heterocycles. The summed E-state index contributed by atoms with van der Waals surface area (Å²) in [5.41, 5.74) is -0.370. The Bertz CT molecular complexity index is 411. The Labute approximate surface area is 107 Å². The predicted octanol–water partition coefficient (Wildman–Crippen LogP) is 2.86. The molecular weight excluding hydrogens is 264 g/mol. The summed E-state index contributed by atoms with van der Waals surface area (Å²) >= 11 is 5.57. The zero-order valence-electron chi connectivity index (χ0n) is 9.73. The molecule has 0 amide bonds. The standard InChI is InChI=1S/C11H17ClO4S/c1-9-6-7-11(17(13,14)15)16-10(9)5-3-2-4-8-12/h6-7,11H,2-5,8H2,1H3,(H,13,14,15). The van der Waals surface area contributed by atoms with E-state index in [1.54, 1.807) is 6.08 Å². The van der Waals surface area contributed by atoms with Crippen molar-refractivity contribution >= 4 is 21.7 Å². The maximum Gasteiger partial charge on any atom is 0.307 e. The van der Waals surface area contributed by atoms with Gasteiger partial charge in [-0.25, -0.2) is 0 Å². The lowest BCUT2D eigenvalue weighted by Gasteiger charge is -2.21. The van der Waals surface area contributed by atoms with Crippen molar-refractivity contribution in [2.75, 3.05) is 5.88 Å². The molecular formula is C11H17ClO4S. The van der Waals surface area contributed by atoms with E-state index >= 15 is 0 Å². The number of unbranched alkanes of at least 4 members (excludes halogenated alkanes) is 2. The minimum atomic E-state index is -4.18. The largest absolute Gasteiger partial charge is 0.472 e. The van der Waals surface area contributed by atoms with Crippen molar-refractivity contribution in [3.8, 4) is 0 Å². The van der Waals surface area contributed by atoms with E-state index in [2.05, 4.69) is 0 Å². The molecule has 1 rings (SSSR count). The second-order valence-electron chi connectivity index (χ2n) is 3.97. The molecule has 98 valence electrons. The second-order valence-corrected chi connectivity index (χ2v) is 5.84. The molecule has 1 N–H and O–H groups in total. The Morgan fingerprint density at radius 1 is 1.41 bits per heavy atom. The van der Waals surface area contributed by atoms with E-state index in [4.69, 9.17) is 20.9 Å². The van der Waals surface area contributed by atoms with Crippen molar-refractivity contribution in [3.05, 3.63) is 23.5 Å². The van der Waals surface area contributed by atoms with E-state index in [1.165, 1.54) is 6.08 Å². The lowest BCUT2D eigenvalue weighted by atomic mass is 10.1. The van der Waals surface area contributed by atoms with E-state index in [0.717, 1.165) is 24.8 Å². The summed E-state index contributed by atoms with van der Waals surface area (Å²) in [6, 6.07) is 0. The first-order valence-corrected chi connectivity index (χ1v) is 7.56. The minimum absolute atomic E-state index is 0.629. The van der Waals surface area contributed by atoms with Gasteiger partial charge >= 0.3 is 10.1 Å². The molecule has 0 aromatic rings. The van der Waals surface area contributed by atoms with Gasteiger partial charge in [0.05, 0.1) is 0 Å². The first-order chi connectivity index (χ1) is 7.95. The van der Waals surface area contributed by atoms with Gasteiger partial charge in [-0.15, -0.1) is 11.6 Å². The van der Waals surface area contributed by atoms with Gasteiger partial charge in [0.15, 0.2) is 0 Å². The normalized spacial score (nSPS) is 20.5. The Hall–Kier alpha value is -0.520. The minimum Gasteiger partial charge on any atom is -0.472 e. The van der Waals surface area contributed by atoms with Crippen LogP contribution in [0.15, 0.2) is 23.5 Å². The molecule has 1 aliphatic rings. The summed E-state index contributed by atoms with van der Waals surface area (Å²) < 4.78 is 36.1. The molecule has 0 saturated carbocycles. The molecule has 0 aromatic heterocycles. The summed E-state index contributed by atoms with van der Waals surface area (Å²) in [5, 5.41) is 0. The van der Waals surface area contributed by atoms with Gasteiger partial charge in [-0.05, 0) is 31.4 Å². The number of rotatable bonds is 6. The number of hydrogen-bond acceptors (Lipinski definition) is 3. The fourth-order valence-corrected chi connectivity index (χ4v) is 2.27. The highest BCUT2D eigenvalue weighted by Crippen LogP contribution is 2.24. The average molecular weight is 281 g/mol. The van der Waals surface area contributed by atoms with Gasteiger partial charge in [-0.2, -0.15) is 8.42 Å². The highest BCUT2D eigenvalue weighted by atomic mass is 35.5. The SMILES string of the molecule is CC1=C(CCCCCCl)OC(S(=O)(=O)O)C=C1. The molecule has 17 heavy (non-hydrogen) atoms. The van der Waals surface area contributed by atoms with E-state index < -0.39 is 15.6 Å². The fraction of sp³-hybridized carbons (Fsp3) is 0.636. The van der Waals surface area contributed by atoms with Crippen LogP contribution in [-0.4, -0.2) is 24.3 Å². The zero-order valence-corrected chi connectivity index (χ0v) is 11.3. The highest BCUT2D eigenvalue weighted by Gasteiger charge is 2.25. The van der Waals surface area contributed by atoms with Gasteiger partial charge in [0.25, 0.3) is 0 Å². The third-order valence-corrected chi connectivity index (χ3v) is 3.64. The van der Waals surface area contributed by atoms with Crippen molar-refractivity contribution in [2.45, 2.75) is 38.0 Å². The van der Waals surface area contributed by atoms with Crippen LogP contribution in [0.2, 0.25) is 0 Å². The number of ether oxygens (including phenoxy) is 1. The third kappa shape index (κ3) is 4.69. The van der Waals surface area contributed by atoms with Gasteiger partial charge in [-0.1, -0.05) is 12.5 Å². The van der Waals surface area contributed by atoms with Crippen molar-refractivity contribution in [3.63, 3.8) is 0 Å². The Balaban J connectivity index is 2.56. The summed E-state index contributed by atoms with van der Waals surface area (Å²) in [7, 11) is -4.18. The average Bonchev–Trinajstić information content (AvgIpc) is 2.25. The molecule has 0 fully saturated rings. The van der Waals surface area contributed by atoms with Gasteiger partial charge in [0, 0.05) is 12.3 Å². The lowest BCUT2D eigenvalue weighted by molar-refractivity contribution is 0.183. The van der Waals surface area contributed by atoms with Gasteiger partial charge in [-0.3, -0.25) is 4.55 Å². The Morgan fingerprint density at radius 3 is 2.71 bits per heavy atom. The van der Waals surface area contributed by atoms with Crippen molar-refractivity contribution in [2.24, 2.45) is 0 Å². The third-order valence-electron chi connectivity index (χ3n) is 2.53. The van der Waals surface area contributed by atoms with Crippen LogP contribution in [0.25, 0.3) is 0 Å². The topological polar surface area (TPSA) is 63.6 Å². The van der Waals surface area contributed by atoms with Crippen LogP contribution < -0.4 is 0 Å². The molecule has 1 atom stereocenters. The van der Waals surface area contributed by atoms with Crippen LogP contribution in [0.3, 0.4) is 0 Å². The van der Waals surface area contributed by atoms with Gasteiger partial charge in [0.2, 0.25) is 5.44 Å². The zero-order chi connectivity index (χ0) is 12.9. The van der Waals surface area contributed by atoms with E-state index in [-0.39, 0.29) is 0 Å². The van der Waals surface area contributed by atoms with E-state index in [0.29, 0.717) is 18.1 Å².